The van der Waals surface area contributed by atoms with Crippen molar-refractivity contribution >= 4 is 11.6 Å². The molecule has 0 saturated carbocycles. The van der Waals surface area contributed by atoms with Crippen molar-refractivity contribution < 1.29 is 4.79 Å². The predicted molar refractivity (Wildman–Crippen MR) is 68.9 cm³/mol. The molecular formula is C13H19N3O. The molecular weight excluding hydrogens is 214 g/mol. The van der Waals surface area contributed by atoms with E-state index >= 15 is 0 Å². The van der Waals surface area contributed by atoms with Crippen LogP contribution in [0.1, 0.15) is 17.5 Å². The van der Waals surface area contributed by atoms with E-state index in [0.717, 1.165) is 30.8 Å². The van der Waals surface area contributed by atoms with Gasteiger partial charge in [-0.05, 0) is 24.5 Å². The summed E-state index contributed by atoms with van der Waals surface area (Å²) in [6, 6.07) is 6.11. The van der Waals surface area contributed by atoms with E-state index in [1.165, 1.54) is 5.56 Å². The Bertz CT molecular complexity index is 417. The molecule has 17 heavy (non-hydrogen) atoms. The van der Waals surface area contributed by atoms with Crippen LogP contribution in [0, 0.1) is 6.92 Å². The zero-order valence-corrected chi connectivity index (χ0v) is 10.2. The molecule has 1 saturated heterocycles. The lowest BCUT2D eigenvalue weighted by Gasteiger charge is -2.26. The first kappa shape index (κ1) is 11.9. The van der Waals surface area contributed by atoms with Gasteiger partial charge < -0.3 is 16.0 Å². The van der Waals surface area contributed by atoms with Crippen LogP contribution in [-0.4, -0.2) is 25.5 Å². The minimum atomic E-state index is 0.0914. The summed E-state index contributed by atoms with van der Waals surface area (Å²) in [5.41, 5.74) is 9.20. The number of amides is 1. The van der Waals surface area contributed by atoms with E-state index in [2.05, 4.69) is 23.2 Å². The maximum absolute atomic E-state index is 11.6. The Morgan fingerprint density at radius 1 is 1.47 bits per heavy atom. The summed E-state index contributed by atoms with van der Waals surface area (Å²) < 4.78 is 0. The minimum absolute atomic E-state index is 0.0914. The average molecular weight is 233 g/mol. The second-order valence-electron chi connectivity index (χ2n) is 4.41. The van der Waals surface area contributed by atoms with E-state index in [0.29, 0.717) is 13.1 Å². The molecule has 1 aromatic rings. The van der Waals surface area contributed by atoms with Crippen LogP contribution in [0.4, 0.5) is 5.69 Å². The number of carbonyl (C=O) groups excluding carboxylic acids is 1. The predicted octanol–water partition coefficient (Wildman–Crippen LogP) is 0.780. The molecule has 0 unspecified atom stereocenters. The van der Waals surface area contributed by atoms with Gasteiger partial charge in [0.2, 0.25) is 5.91 Å². The Balaban J connectivity index is 2.34. The Morgan fingerprint density at radius 3 is 3.06 bits per heavy atom. The van der Waals surface area contributed by atoms with E-state index in [4.69, 9.17) is 5.73 Å². The fourth-order valence-electron chi connectivity index (χ4n) is 2.33. The van der Waals surface area contributed by atoms with Crippen molar-refractivity contribution in [2.45, 2.75) is 19.9 Å². The van der Waals surface area contributed by atoms with E-state index < -0.39 is 0 Å². The molecule has 2 rings (SSSR count). The van der Waals surface area contributed by atoms with Gasteiger partial charge in [0.25, 0.3) is 0 Å². The zero-order chi connectivity index (χ0) is 12.3. The maximum atomic E-state index is 11.6. The molecule has 0 aliphatic carbocycles. The first-order valence-electron chi connectivity index (χ1n) is 6.02. The number of nitrogens with zero attached hydrogens (tertiary/aromatic N) is 1. The van der Waals surface area contributed by atoms with Gasteiger partial charge in [-0.1, -0.05) is 18.2 Å². The van der Waals surface area contributed by atoms with Crippen LogP contribution in [0.2, 0.25) is 0 Å². The third kappa shape index (κ3) is 2.58. The van der Waals surface area contributed by atoms with Crippen molar-refractivity contribution in [2.75, 3.05) is 24.5 Å². The zero-order valence-electron chi connectivity index (χ0n) is 10.2. The first-order chi connectivity index (χ1) is 8.22. The number of aryl methyl sites for hydroxylation is 1. The van der Waals surface area contributed by atoms with E-state index in [1.807, 2.05) is 12.1 Å². The molecule has 1 fully saturated rings. The second kappa shape index (κ2) is 5.19. The summed E-state index contributed by atoms with van der Waals surface area (Å²) in [7, 11) is 0. The Labute approximate surface area is 102 Å². The number of rotatable bonds is 2. The molecule has 0 aromatic heterocycles. The topological polar surface area (TPSA) is 58.4 Å². The van der Waals surface area contributed by atoms with E-state index in [1.54, 1.807) is 0 Å². The van der Waals surface area contributed by atoms with Gasteiger partial charge in [0.1, 0.15) is 0 Å². The highest BCUT2D eigenvalue weighted by atomic mass is 16.2. The number of nitrogens with one attached hydrogen (secondary N) is 1. The van der Waals surface area contributed by atoms with Crippen molar-refractivity contribution in [3.63, 3.8) is 0 Å². The van der Waals surface area contributed by atoms with Gasteiger partial charge in [0, 0.05) is 25.3 Å². The molecule has 1 amide bonds. The van der Waals surface area contributed by atoms with Crippen LogP contribution in [0.15, 0.2) is 18.2 Å². The number of anilines is 1. The van der Waals surface area contributed by atoms with Gasteiger partial charge in [-0.15, -0.1) is 0 Å². The van der Waals surface area contributed by atoms with Gasteiger partial charge in [0.05, 0.1) is 6.54 Å². The molecule has 3 N–H and O–H groups in total. The van der Waals surface area contributed by atoms with E-state index in [-0.39, 0.29) is 5.91 Å². The molecule has 0 spiro atoms. The monoisotopic (exact) mass is 233 g/mol. The van der Waals surface area contributed by atoms with Gasteiger partial charge in [-0.2, -0.15) is 0 Å². The lowest BCUT2D eigenvalue weighted by atomic mass is 10.1. The van der Waals surface area contributed by atoms with E-state index in [9.17, 15) is 4.79 Å². The SMILES string of the molecule is Cc1cccc(CN)c1N1CCCNC(=O)C1. The van der Waals surface area contributed by atoms with Crippen molar-refractivity contribution in [3.05, 3.63) is 29.3 Å². The standard InChI is InChI=1S/C13H19N3O/c1-10-4-2-5-11(8-14)13(10)16-7-3-6-15-12(17)9-16/h2,4-5H,3,6-9,14H2,1H3,(H,15,17). The Hall–Kier alpha value is -1.55. The molecule has 1 aromatic carbocycles. The average Bonchev–Trinajstić information content (AvgIpc) is 2.53. The lowest BCUT2D eigenvalue weighted by Crippen LogP contribution is -2.34. The van der Waals surface area contributed by atoms with Crippen LogP contribution < -0.4 is 16.0 Å². The Morgan fingerprint density at radius 2 is 2.29 bits per heavy atom. The highest BCUT2D eigenvalue weighted by molar-refractivity contribution is 5.82. The summed E-state index contributed by atoms with van der Waals surface area (Å²) in [6.45, 7) is 4.67. The van der Waals surface area contributed by atoms with Crippen LogP contribution in [0.25, 0.3) is 0 Å². The van der Waals surface area contributed by atoms with Crippen LogP contribution in [0.3, 0.4) is 0 Å². The summed E-state index contributed by atoms with van der Waals surface area (Å²) in [6.07, 6.45) is 0.976. The molecule has 1 aliphatic heterocycles. The van der Waals surface area contributed by atoms with Crippen molar-refractivity contribution in [3.8, 4) is 0 Å². The summed E-state index contributed by atoms with van der Waals surface area (Å²) >= 11 is 0. The Kier molecular flexibility index (Phi) is 3.64. The number of nitrogens with two attached hydrogens (primary N) is 1. The molecule has 0 bridgehead atoms. The molecule has 1 heterocycles. The quantitative estimate of drug-likeness (QED) is 0.793. The first-order valence-corrected chi connectivity index (χ1v) is 6.02. The molecule has 0 radical (unpaired) electrons. The number of hydrogen-bond acceptors (Lipinski definition) is 3. The number of benzene rings is 1. The highest BCUT2D eigenvalue weighted by Crippen LogP contribution is 2.25. The summed E-state index contributed by atoms with van der Waals surface area (Å²) in [5.74, 6) is 0.0914. The highest BCUT2D eigenvalue weighted by Gasteiger charge is 2.18. The van der Waals surface area contributed by atoms with Gasteiger partial charge in [-0.25, -0.2) is 0 Å². The largest absolute Gasteiger partial charge is 0.362 e. The number of para-hydroxylation sites is 1. The third-order valence-electron chi connectivity index (χ3n) is 3.12. The molecule has 0 atom stereocenters. The molecule has 4 nitrogen and oxygen atoms in total. The lowest BCUT2D eigenvalue weighted by molar-refractivity contribution is -0.119. The number of hydrogen-bond donors (Lipinski definition) is 2. The van der Waals surface area contributed by atoms with Gasteiger partial charge >= 0.3 is 0 Å². The van der Waals surface area contributed by atoms with Crippen molar-refractivity contribution in [2.24, 2.45) is 5.73 Å². The fraction of sp³-hybridized carbons (Fsp3) is 0.462. The normalized spacial score (nSPS) is 16.6. The summed E-state index contributed by atoms with van der Waals surface area (Å²) in [4.78, 5) is 13.7. The van der Waals surface area contributed by atoms with Crippen molar-refractivity contribution in [1.82, 2.24) is 5.32 Å². The summed E-state index contributed by atoms with van der Waals surface area (Å²) in [5, 5.41) is 2.89. The smallest absolute Gasteiger partial charge is 0.239 e. The van der Waals surface area contributed by atoms with Crippen LogP contribution in [0.5, 0.6) is 0 Å². The minimum Gasteiger partial charge on any atom is -0.362 e. The second-order valence-corrected chi connectivity index (χ2v) is 4.41. The van der Waals surface area contributed by atoms with Gasteiger partial charge in [0.15, 0.2) is 0 Å². The van der Waals surface area contributed by atoms with Crippen molar-refractivity contribution in [1.29, 1.82) is 0 Å². The number of carbonyl (C=O) groups is 1. The fourth-order valence-corrected chi connectivity index (χ4v) is 2.33. The third-order valence-corrected chi connectivity index (χ3v) is 3.12. The molecule has 1 aliphatic rings. The van der Waals surface area contributed by atoms with Crippen LogP contribution in [-0.2, 0) is 11.3 Å². The van der Waals surface area contributed by atoms with Gasteiger partial charge in [-0.3, -0.25) is 4.79 Å². The maximum Gasteiger partial charge on any atom is 0.239 e. The molecule has 92 valence electrons. The van der Waals surface area contributed by atoms with Crippen LogP contribution >= 0.6 is 0 Å². The molecule has 4 heteroatoms.